The Labute approximate surface area is 103 Å². The van der Waals surface area contributed by atoms with Crippen LogP contribution in [0.3, 0.4) is 0 Å². The first-order valence-electron chi connectivity index (χ1n) is 6.44. The number of rotatable bonds is 4. The lowest BCUT2D eigenvalue weighted by atomic mass is 9.78. The molecular formula is C12H21NO3S. The molecule has 4 nitrogen and oxygen atoms in total. The van der Waals surface area contributed by atoms with Gasteiger partial charge in [-0.1, -0.05) is 6.42 Å². The maximum absolute atomic E-state index is 11.9. The van der Waals surface area contributed by atoms with Gasteiger partial charge in [0.05, 0.1) is 6.26 Å². The Balaban J connectivity index is 1.87. The zero-order chi connectivity index (χ0) is 12.5. The first-order chi connectivity index (χ1) is 7.97. The molecule has 1 unspecified atom stereocenters. The van der Waals surface area contributed by atoms with E-state index in [2.05, 4.69) is 0 Å². The molecule has 0 spiro atoms. The summed E-state index contributed by atoms with van der Waals surface area (Å²) in [4.78, 5) is 11.9. The molecule has 0 N–H and O–H groups in total. The van der Waals surface area contributed by atoms with Crippen molar-refractivity contribution in [2.24, 2.45) is 11.8 Å². The highest BCUT2D eigenvalue weighted by atomic mass is 32.2. The molecule has 2 fully saturated rings. The third-order valence-electron chi connectivity index (χ3n) is 4.00. The van der Waals surface area contributed by atoms with Gasteiger partial charge in [0.25, 0.3) is 0 Å². The zero-order valence-corrected chi connectivity index (χ0v) is 11.2. The van der Waals surface area contributed by atoms with Crippen molar-refractivity contribution >= 4 is 15.8 Å². The van der Waals surface area contributed by atoms with E-state index in [-0.39, 0.29) is 11.8 Å². The van der Waals surface area contributed by atoms with Gasteiger partial charge in [0.2, 0.25) is 10.0 Å². The number of piperidine rings is 1. The standard InChI is InChI=1S/C12H21NO3S/c1-17(15,16)13-7-3-4-10(9-13)8-12(14)11-5-2-6-11/h10-11H,2-9H2,1H3. The molecule has 0 aromatic heterocycles. The van der Waals surface area contributed by atoms with E-state index in [4.69, 9.17) is 0 Å². The molecule has 0 radical (unpaired) electrons. The monoisotopic (exact) mass is 259 g/mol. The average molecular weight is 259 g/mol. The second-order valence-corrected chi connectivity index (χ2v) is 7.41. The first-order valence-corrected chi connectivity index (χ1v) is 8.29. The van der Waals surface area contributed by atoms with E-state index in [0.29, 0.717) is 25.3 Å². The highest BCUT2D eigenvalue weighted by molar-refractivity contribution is 7.88. The molecule has 17 heavy (non-hydrogen) atoms. The minimum absolute atomic E-state index is 0.242. The zero-order valence-electron chi connectivity index (χ0n) is 10.4. The smallest absolute Gasteiger partial charge is 0.211 e. The van der Waals surface area contributed by atoms with Crippen molar-refractivity contribution in [2.45, 2.75) is 38.5 Å². The maximum atomic E-state index is 11.9. The molecule has 1 aliphatic carbocycles. The predicted molar refractivity (Wildman–Crippen MR) is 66.1 cm³/mol. The van der Waals surface area contributed by atoms with E-state index in [1.165, 1.54) is 17.0 Å². The van der Waals surface area contributed by atoms with Crippen molar-refractivity contribution in [2.75, 3.05) is 19.3 Å². The molecule has 1 heterocycles. The summed E-state index contributed by atoms with van der Waals surface area (Å²) in [5.41, 5.74) is 0. The summed E-state index contributed by atoms with van der Waals surface area (Å²) in [5, 5.41) is 0. The highest BCUT2D eigenvalue weighted by Gasteiger charge is 2.31. The molecule has 98 valence electrons. The molecule has 2 aliphatic rings. The average Bonchev–Trinajstić information content (AvgIpc) is 2.13. The normalized spacial score (nSPS) is 27.7. The molecule has 1 aliphatic heterocycles. The minimum atomic E-state index is -3.08. The van der Waals surface area contributed by atoms with Gasteiger partial charge in [-0.25, -0.2) is 12.7 Å². The fourth-order valence-electron chi connectivity index (χ4n) is 2.68. The summed E-state index contributed by atoms with van der Waals surface area (Å²) in [6, 6.07) is 0. The van der Waals surface area contributed by atoms with Crippen molar-refractivity contribution < 1.29 is 13.2 Å². The number of sulfonamides is 1. The van der Waals surface area contributed by atoms with Crippen LogP contribution in [-0.4, -0.2) is 37.9 Å². The van der Waals surface area contributed by atoms with E-state index in [0.717, 1.165) is 25.7 Å². The van der Waals surface area contributed by atoms with Crippen molar-refractivity contribution in [1.82, 2.24) is 4.31 Å². The van der Waals surface area contributed by atoms with Crippen LogP contribution in [0.5, 0.6) is 0 Å². The molecule has 0 amide bonds. The van der Waals surface area contributed by atoms with Gasteiger partial charge in [-0.3, -0.25) is 4.79 Å². The second-order valence-electron chi connectivity index (χ2n) is 5.43. The molecule has 0 bridgehead atoms. The summed E-state index contributed by atoms with van der Waals surface area (Å²) in [5.74, 6) is 0.881. The number of hydrogen-bond donors (Lipinski definition) is 0. The topological polar surface area (TPSA) is 54.5 Å². The third kappa shape index (κ3) is 3.28. The molecule has 1 atom stereocenters. The van der Waals surface area contributed by atoms with Gasteiger partial charge < -0.3 is 0 Å². The molecule has 0 aromatic carbocycles. The van der Waals surface area contributed by atoms with Gasteiger partial charge >= 0.3 is 0 Å². The van der Waals surface area contributed by atoms with Gasteiger partial charge in [-0.05, 0) is 31.6 Å². The SMILES string of the molecule is CS(=O)(=O)N1CCCC(CC(=O)C2CCC2)C1. The van der Waals surface area contributed by atoms with Crippen LogP contribution >= 0.6 is 0 Å². The lowest BCUT2D eigenvalue weighted by molar-refractivity contribution is -0.126. The Hall–Kier alpha value is -0.420. The van der Waals surface area contributed by atoms with Crippen LogP contribution in [0.4, 0.5) is 0 Å². The Morgan fingerprint density at radius 2 is 1.94 bits per heavy atom. The predicted octanol–water partition coefficient (Wildman–Crippen LogP) is 1.42. The Bertz CT molecular complexity index is 387. The van der Waals surface area contributed by atoms with Gasteiger partial charge in [0.15, 0.2) is 0 Å². The third-order valence-corrected chi connectivity index (χ3v) is 5.27. The van der Waals surface area contributed by atoms with E-state index in [9.17, 15) is 13.2 Å². The number of carbonyl (C=O) groups excluding carboxylic acids is 1. The van der Waals surface area contributed by atoms with Crippen LogP contribution in [-0.2, 0) is 14.8 Å². The van der Waals surface area contributed by atoms with Crippen molar-refractivity contribution in [3.63, 3.8) is 0 Å². The molecule has 0 aromatic rings. The Kier molecular flexibility index (Phi) is 3.88. The summed E-state index contributed by atoms with van der Waals surface area (Å²) in [6.45, 7) is 1.16. The Morgan fingerprint density at radius 3 is 2.47 bits per heavy atom. The van der Waals surface area contributed by atoms with Crippen LogP contribution in [0.2, 0.25) is 0 Å². The largest absolute Gasteiger partial charge is 0.299 e. The van der Waals surface area contributed by atoms with Crippen LogP contribution in [0.15, 0.2) is 0 Å². The van der Waals surface area contributed by atoms with E-state index in [1.807, 2.05) is 0 Å². The summed E-state index contributed by atoms with van der Waals surface area (Å²) in [7, 11) is -3.08. The summed E-state index contributed by atoms with van der Waals surface area (Å²) >= 11 is 0. The maximum Gasteiger partial charge on any atom is 0.211 e. The van der Waals surface area contributed by atoms with Crippen molar-refractivity contribution in [3.8, 4) is 0 Å². The van der Waals surface area contributed by atoms with E-state index < -0.39 is 10.0 Å². The van der Waals surface area contributed by atoms with Gasteiger partial charge in [-0.2, -0.15) is 0 Å². The van der Waals surface area contributed by atoms with Crippen LogP contribution in [0.1, 0.15) is 38.5 Å². The number of hydrogen-bond acceptors (Lipinski definition) is 3. The minimum Gasteiger partial charge on any atom is -0.299 e. The quantitative estimate of drug-likeness (QED) is 0.767. The molecule has 1 saturated heterocycles. The number of Topliss-reactive ketones (excluding diaryl/α,β-unsaturated/α-hetero) is 1. The van der Waals surface area contributed by atoms with Gasteiger partial charge in [0.1, 0.15) is 5.78 Å². The molecule has 1 saturated carbocycles. The molecule has 2 rings (SSSR count). The lowest BCUT2D eigenvalue weighted by Gasteiger charge is -2.32. The Morgan fingerprint density at radius 1 is 1.24 bits per heavy atom. The molecular weight excluding hydrogens is 238 g/mol. The fraction of sp³-hybridized carbons (Fsp3) is 0.917. The van der Waals surface area contributed by atoms with Crippen LogP contribution < -0.4 is 0 Å². The van der Waals surface area contributed by atoms with E-state index in [1.54, 1.807) is 0 Å². The van der Waals surface area contributed by atoms with Crippen LogP contribution in [0, 0.1) is 11.8 Å². The van der Waals surface area contributed by atoms with Crippen LogP contribution in [0.25, 0.3) is 0 Å². The highest BCUT2D eigenvalue weighted by Crippen LogP contribution is 2.31. The number of carbonyl (C=O) groups is 1. The van der Waals surface area contributed by atoms with E-state index >= 15 is 0 Å². The second kappa shape index (κ2) is 5.06. The summed E-state index contributed by atoms with van der Waals surface area (Å²) in [6.07, 6.45) is 6.97. The number of nitrogens with zero attached hydrogens (tertiary/aromatic N) is 1. The van der Waals surface area contributed by atoms with Crippen molar-refractivity contribution in [1.29, 1.82) is 0 Å². The van der Waals surface area contributed by atoms with Gasteiger partial charge in [-0.15, -0.1) is 0 Å². The lowest BCUT2D eigenvalue weighted by Crippen LogP contribution is -2.40. The van der Waals surface area contributed by atoms with Gasteiger partial charge in [0, 0.05) is 25.4 Å². The molecule has 5 heteroatoms. The summed E-state index contributed by atoms with van der Waals surface area (Å²) < 4.78 is 24.4. The fourth-order valence-corrected chi connectivity index (χ4v) is 3.62. The van der Waals surface area contributed by atoms with Crippen molar-refractivity contribution in [3.05, 3.63) is 0 Å². The first kappa shape index (κ1) is 13.0. The number of ketones is 1.